The van der Waals surface area contributed by atoms with Gasteiger partial charge in [-0.15, -0.1) is 0 Å². The number of aryl methyl sites for hydroxylation is 2. The van der Waals surface area contributed by atoms with Gasteiger partial charge in [0.1, 0.15) is 11.8 Å². The van der Waals surface area contributed by atoms with Crippen molar-refractivity contribution in [3.8, 4) is 6.07 Å². The summed E-state index contributed by atoms with van der Waals surface area (Å²) < 4.78 is 0. The van der Waals surface area contributed by atoms with Crippen molar-refractivity contribution in [1.29, 1.82) is 5.26 Å². The molecule has 35 heavy (non-hydrogen) atoms. The van der Waals surface area contributed by atoms with E-state index in [4.69, 9.17) is 23.2 Å². The molecule has 2 aromatic carbocycles. The van der Waals surface area contributed by atoms with Crippen molar-refractivity contribution in [2.45, 2.75) is 45.4 Å². The van der Waals surface area contributed by atoms with E-state index < -0.39 is 0 Å². The number of hydrogen-bond acceptors (Lipinski definition) is 4. The highest BCUT2D eigenvalue weighted by Crippen LogP contribution is 2.34. The van der Waals surface area contributed by atoms with Gasteiger partial charge in [-0.25, -0.2) is 4.98 Å². The molecule has 0 N–H and O–H groups in total. The van der Waals surface area contributed by atoms with E-state index in [1.54, 1.807) is 18.5 Å². The van der Waals surface area contributed by atoms with E-state index in [9.17, 15) is 10.1 Å². The molecule has 0 spiro atoms. The third-order valence-electron chi connectivity index (χ3n) is 6.75. The first-order valence-corrected chi connectivity index (χ1v) is 12.6. The molecule has 3 aromatic rings. The fraction of sp³-hybridized carbons (Fsp3) is 0.357. The Labute approximate surface area is 216 Å². The minimum atomic E-state index is -0.0537. The first-order valence-electron chi connectivity index (χ1n) is 11.9. The van der Waals surface area contributed by atoms with Crippen LogP contribution in [0.15, 0.2) is 48.8 Å². The summed E-state index contributed by atoms with van der Waals surface area (Å²) in [5, 5.41) is 10.5. The summed E-state index contributed by atoms with van der Waals surface area (Å²) in [7, 11) is 0. The fourth-order valence-electron chi connectivity index (χ4n) is 4.74. The van der Waals surface area contributed by atoms with E-state index >= 15 is 0 Å². The summed E-state index contributed by atoms with van der Waals surface area (Å²) in [6.07, 6.45) is 6.86. The van der Waals surface area contributed by atoms with Crippen molar-refractivity contribution in [2.24, 2.45) is 5.92 Å². The average molecular weight is 507 g/mol. The van der Waals surface area contributed by atoms with Gasteiger partial charge in [-0.1, -0.05) is 47.0 Å². The van der Waals surface area contributed by atoms with Crippen molar-refractivity contribution < 1.29 is 4.79 Å². The first-order chi connectivity index (χ1) is 16.8. The molecule has 0 saturated carbocycles. The zero-order valence-corrected chi connectivity index (χ0v) is 21.5. The Kier molecular flexibility index (Phi) is 8.05. The number of likely N-dealkylation sites (tertiary alicyclic amines) is 1. The number of nitriles is 1. The molecule has 0 radical (unpaired) electrons. The maximum Gasteiger partial charge on any atom is 0.274 e. The monoisotopic (exact) mass is 506 g/mol. The van der Waals surface area contributed by atoms with E-state index in [2.05, 4.69) is 29.0 Å². The number of rotatable bonds is 7. The normalized spacial score (nSPS) is 16.2. The molecule has 1 aromatic heterocycles. The number of amides is 1. The highest BCUT2D eigenvalue weighted by atomic mass is 35.5. The van der Waals surface area contributed by atoms with Crippen molar-refractivity contribution in [1.82, 2.24) is 14.9 Å². The van der Waals surface area contributed by atoms with Crippen molar-refractivity contribution >= 4 is 29.1 Å². The molecule has 1 fully saturated rings. The molecule has 1 saturated heterocycles. The molecule has 5 nitrogen and oxygen atoms in total. The van der Waals surface area contributed by atoms with Crippen molar-refractivity contribution in [3.05, 3.63) is 92.5 Å². The van der Waals surface area contributed by atoms with Crippen LogP contribution in [0.1, 0.15) is 63.6 Å². The number of carbonyl (C=O) groups is 1. The second-order valence-corrected chi connectivity index (χ2v) is 10.2. The Bertz CT molecular complexity index is 1250. The molecule has 1 unspecified atom stereocenters. The molecule has 4 rings (SSSR count). The highest BCUT2D eigenvalue weighted by molar-refractivity contribution is 6.32. The summed E-state index contributed by atoms with van der Waals surface area (Å²) in [5.41, 5.74) is 5.06. The van der Waals surface area contributed by atoms with Gasteiger partial charge in [0.05, 0.1) is 22.5 Å². The zero-order valence-electron chi connectivity index (χ0n) is 20.0. The Morgan fingerprint density at radius 3 is 2.69 bits per heavy atom. The standard InChI is InChI=1S/C28H28Cl2N4O/c1-18-3-8-25(29)24(11-18)12-21(22-6-7-23(14-31)26(30)13-22)5-4-20-9-10-34(17-20)28(35)27-16-32-19(2)15-33-27/h3,6-8,11,13,15-16,20-21H,4-5,9-10,12,17H2,1-2H3/t20-,21?/m0/s1. The van der Waals surface area contributed by atoms with Crippen LogP contribution < -0.4 is 0 Å². The van der Waals surface area contributed by atoms with Gasteiger partial charge in [-0.2, -0.15) is 5.26 Å². The molecule has 1 amide bonds. The Balaban J connectivity index is 1.47. The molecular weight excluding hydrogens is 479 g/mol. The molecular formula is C28H28Cl2N4O. The van der Waals surface area contributed by atoms with Gasteiger partial charge >= 0.3 is 0 Å². The highest BCUT2D eigenvalue weighted by Gasteiger charge is 2.28. The lowest BCUT2D eigenvalue weighted by atomic mass is 9.85. The Morgan fingerprint density at radius 1 is 1.14 bits per heavy atom. The lowest BCUT2D eigenvalue weighted by molar-refractivity contribution is 0.0780. The third-order valence-corrected chi connectivity index (χ3v) is 7.43. The molecule has 180 valence electrons. The number of hydrogen-bond donors (Lipinski definition) is 0. The molecule has 1 aliphatic rings. The van der Waals surface area contributed by atoms with Gasteiger partial charge in [0, 0.05) is 24.3 Å². The minimum absolute atomic E-state index is 0.0537. The van der Waals surface area contributed by atoms with Crippen LogP contribution in [0.2, 0.25) is 10.0 Å². The van der Waals surface area contributed by atoms with Crippen LogP contribution in [0, 0.1) is 31.1 Å². The SMILES string of the molecule is Cc1ccc(Cl)c(CC(CC[C@H]2CCN(C(=O)c3cnc(C)cn3)C2)c2ccc(C#N)c(Cl)c2)c1. The third kappa shape index (κ3) is 6.20. The molecule has 0 aliphatic carbocycles. The second kappa shape index (κ2) is 11.2. The van der Waals surface area contributed by atoms with E-state index in [0.29, 0.717) is 22.2 Å². The minimum Gasteiger partial charge on any atom is -0.337 e. The number of nitrogens with zero attached hydrogens (tertiary/aromatic N) is 4. The van der Waals surface area contributed by atoms with Gasteiger partial charge < -0.3 is 4.90 Å². The van der Waals surface area contributed by atoms with Crippen LogP contribution in [0.5, 0.6) is 0 Å². The topological polar surface area (TPSA) is 69.9 Å². The predicted octanol–water partition coefficient (Wildman–Crippen LogP) is 6.54. The smallest absolute Gasteiger partial charge is 0.274 e. The number of aromatic nitrogens is 2. The summed E-state index contributed by atoms with van der Waals surface area (Å²) in [6, 6.07) is 13.9. The maximum atomic E-state index is 12.8. The predicted molar refractivity (Wildman–Crippen MR) is 139 cm³/mol. The summed E-state index contributed by atoms with van der Waals surface area (Å²) in [4.78, 5) is 23.2. The van der Waals surface area contributed by atoms with Gasteiger partial charge in [0.2, 0.25) is 0 Å². The van der Waals surface area contributed by atoms with Crippen LogP contribution in [0.25, 0.3) is 0 Å². The lowest BCUT2D eigenvalue weighted by Gasteiger charge is -2.21. The van der Waals surface area contributed by atoms with E-state index in [1.165, 1.54) is 5.56 Å². The van der Waals surface area contributed by atoms with Gasteiger partial charge in [-0.3, -0.25) is 9.78 Å². The molecule has 2 atom stereocenters. The van der Waals surface area contributed by atoms with Crippen LogP contribution >= 0.6 is 23.2 Å². The largest absolute Gasteiger partial charge is 0.337 e. The fourth-order valence-corrected chi connectivity index (χ4v) is 5.17. The number of carbonyl (C=O) groups excluding carboxylic acids is 1. The Morgan fingerprint density at radius 2 is 1.97 bits per heavy atom. The van der Waals surface area contributed by atoms with Crippen LogP contribution in [-0.2, 0) is 6.42 Å². The lowest BCUT2D eigenvalue weighted by Crippen LogP contribution is -2.29. The van der Waals surface area contributed by atoms with E-state index in [-0.39, 0.29) is 11.8 Å². The van der Waals surface area contributed by atoms with Gasteiger partial charge in [0.15, 0.2) is 0 Å². The van der Waals surface area contributed by atoms with E-state index in [1.807, 2.05) is 36.1 Å². The van der Waals surface area contributed by atoms with Crippen LogP contribution in [0.3, 0.4) is 0 Å². The number of benzene rings is 2. The van der Waals surface area contributed by atoms with Gasteiger partial charge in [-0.05, 0) is 80.7 Å². The van der Waals surface area contributed by atoms with Crippen molar-refractivity contribution in [2.75, 3.05) is 13.1 Å². The second-order valence-electron chi connectivity index (χ2n) is 9.37. The molecule has 2 heterocycles. The average Bonchev–Trinajstić information content (AvgIpc) is 3.33. The zero-order chi connectivity index (χ0) is 24.9. The maximum absolute atomic E-state index is 12.8. The summed E-state index contributed by atoms with van der Waals surface area (Å²) >= 11 is 12.9. The van der Waals surface area contributed by atoms with Crippen molar-refractivity contribution in [3.63, 3.8) is 0 Å². The number of halogens is 2. The Hall–Kier alpha value is -2.94. The molecule has 1 aliphatic heterocycles. The quantitative estimate of drug-likeness (QED) is 0.364. The summed E-state index contributed by atoms with van der Waals surface area (Å²) in [6.45, 7) is 5.38. The molecule has 7 heteroatoms. The van der Waals surface area contributed by atoms with Gasteiger partial charge in [0.25, 0.3) is 5.91 Å². The summed E-state index contributed by atoms with van der Waals surface area (Å²) in [5.74, 6) is 0.566. The molecule has 0 bridgehead atoms. The van der Waals surface area contributed by atoms with E-state index in [0.717, 1.165) is 60.6 Å². The van der Waals surface area contributed by atoms with Crippen LogP contribution in [0.4, 0.5) is 0 Å². The van der Waals surface area contributed by atoms with Crippen LogP contribution in [-0.4, -0.2) is 33.9 Å². The first kappa shape index (κ1) is 25.2.